The van der Waals surface area contributed by atoms with Gasteiger partial charge in [-0.2, -0.15) is 0 Å². The maximum Gasteiger partial charge on any atom is 0.328 e. The molecule has 18 heavy (non-hydrogen) atoms. The van der Waals surface area contributed by atoms with Gasteiger partial charge in [-0.15, -0.1) is 0 Å². The third kappa shape index (κ3) is 3.70. The number of piperidine rings is 1. The van der Waals surface area contributed by atoms with Crippen LogP contribution in [-0.4, -0.2) is 42.5 Å². The van der Waals surface area contributed by atoms with Crippen molar-refractivity contribution in [3.63, 3.8) is 0 Å². The molecule has 0 spiro atoms. The molecule has 0 bridgehead atoms. The minimum atomic E-state index is -0.518. The second-order valence-electron chi connectivity index (χ2n) is 5.30. The van der Waals surface area contributed by atoms with Gasteiger partial charge in [0.25, 0.3) is 0 Å². The maximum atomic E-state index is 12.3. The zero-order valence-electron chi connectivity index (χ0n) is 11.5. The molecule has 0 aromatic heterocycles. The molecule has 0 aromatic carbocycles. The highest BCUT2D eigenvalue weighted by Gasteiger charge is 2.34. The van der Waals surface area contributed by atoms with E-state index in [1.165, 1.54) is 7.11 Å². The molecular weight excluding hydrogens is 232 g/mol. The molecule has 1 rings (SSSR count). The summed E-state index contributed by atoms with van der Waals surface area (Å²) in [4.78, 5) is 25.5. The first kappa shape index (κ1) is 15.0. The number of likely N-dealkylation sites (tertiary alicyclic amines) is 1. The van der Waals surface area contributed by atoms with Crippen molar-refractivity contribution in [2.75, 3.05) is 13.7 Å². The molecule has 1 aliphatic rings. The maximum absolute atomic E-state index is 12.3. The summed E-state index contributed by atoms with van der Waals surface area (Å²) in [5, 5.41) is 0. The number of esters is 1. The van der Waals surface area contributed by atoms with Gasteiger partial charge in [0.15, 0.2) is 0 Å². The largest absolute Gasteiger partial charge is 0.467 e. The monoisotopic (exact) mass is 256 g/mol. The van der Waals surface area contributed by atoms with Crippen LogP contribution in [0.15, 0.2) is 0 Å². The highest BCUT2D eigenvalue weighted by Crippen LogP contribution is 2.20. The van der Waals surface area contributed by atoms with Crippen LogP contribution in [0.2, 0.25) is 0 Å². The zero-order chi connectivity index (χ0) is 13.7. The van der Waals surface area contributed by atoms with E-state index in [0.717, 1.165) is 12.8 Å². The Bertz CT molecular complexity index is 305. The highest BCUT2D eigenvalue weighted by atomic mass is 16.5. The van der Waals surface area contributed by atoms with Crippen molar-refractivity contribution in [3.8, 4) is 0 Å². The zero-order valence-corrected chi connectivity index (χ0v) is 11.5. The number of hydrogen-bond donors (Lipinski definition) is 1. The topological polar surface area (TPSA) is 72.6 Å². The molecule has 0 aliphatic carbocycles. The van der Waals surface area contributed by atoms with Gasteiger partial charge in [-0.3, -0.25) is 4.79 Å². The van der Waals surface area contributed by atoms with Crippen molar-refractivity contribution in [3.05, 3.63) is 0 Å². The number of amides is 1. The second kappa shape index (κ2) is 6.73. The summed E-state index contributed by atoms with van der Waals surface area (Å²) in [6.45, 7) is 4.66. The van der Waals surface area contributed by atoms with Gasteiger partial charge in [0.2, 0.25) is 5.91 Å². The van der Waals surface area contributed by atoms with Crippen molar-refractivity contribution < 1.29 is 14.3 Å². The Kier molecular flexibility index (Phi) is 5.59. The van der Waals surface area contributed by atoms with E-state index in [-0.39, 0.29) is 11.9 Å². The minimum Gasteiger partial charge on any atom is -0.467 e. The minimum absolute atomic E-state index is 0.126. The van der Waals surface area contributed by atoms with E-state index in [9.17, 15) is 9.59 Å². The fourth-order valence-corrected chi connectivity index (χ4v) is 2.40. The number of carbonyl (C=O) groups is 2. The first-order chi connectivity index (χ1) is 8.47. The lowest BCUT2D eigenvalue weighted by atomic mass is 9.98. The molecule has 0 radical (unpaired) electrons. The summed E-state index contributed by atoms with van der Waals surface area (Å²) in [7, 11) is 1.35. The van der Waals surface area contributed by atoms with Crippen LogP contribution in [-0.2, 0) is 14.3 Å². The second-order valence-corrected chi connectivity index (χ2v) is 5.30. The standard InChI is InChI=1S/C13H24N2O3/c1-9(2)8-10(14)12(16)15-7-5-4-6-11(15)13(17)18-3/h9-11H,4-8,14H2,1-3H3. The van der Waals surface area contributed by atoms with Crippen LogP contribution in [0.3, 0.4) is 0 Å². The van der Waals surface area contributed by atoms with Gasteiger partial charge in [0.1, 0.15) is 6.04 Å². The van der Waals surface area contributed by atoms with Gasteiger partial charge in [0, 0.05) is 6.54 Å². The predicted molar refractivity (Wildman–Crippen MR) is 68.8 cm³/mol. The number of nitrogens with zero attached hydrogens (tertiary/aromatic N) is 1. The Morgan fingerprint density at radius 3 is 2.61 bits per heavy atom. The first-order valence-corrected chi connectivity index (χ1v) is 6.61. The summed E-state index contributed by atoms with van der Waals surface area (Å²) in [6, 6.07) is -0.968. The Morgan fingerprint density at radius 1 is 1.39 bits per heavy atom. The van der Waals surface area contributed by atoms with Gasteiger partial charge >= 0.3 is 5.97 Å². The van der Waals surface area contributed by atoms with Crippen LogP contribution in [0.1, 0.15) is 39.5 Å². The molecule has 2 atom stereocenters. The van der Waals surface area contributed by atoms with E-state index in [1.807, 2.05) is 13.8 Å². The number of carbonyl (C=O) groups excluding carboxylic acids is 2. The van der Waals surface area contributed by atoms with E-state index < -0.39 is 12.1 Å². The van der Waals surface area contributed by atoms with E-state index in [1.54, 1.807) is 4.90 Å². The summed E-state index contributed by atoms with van der Waals surface area (Å²) in [6.07, 6.45) is 3.19. The van der Waals surface area contributed by atoms with Crippen molar-refractivity contribution in [1.29, 1.82) is 0 Å². The molecule has 1 aliphatic heterocycles. The molecule has 0 saturated carbocycles. The molecule has 1 amide bonds. The van der Waals surface area contributed by atoms with E-state index in [4.69, 9.17) is 10.5 Å². The van der Waals surface area contributed by atoms with E-state index >= 15 is 0 Å². The Balaban J connectivity index is 2.70. The lowest BCUT2D eigenvalue weighted by molar-refractivity contribution is -0.155. The number of methoxy groups -OCH3 is 1. The van der Waals surface area contributed by atoms with Gasteiger partial charge in [0.05, 0.1) is 13.2 Å². The summed E-state index contributed by atoms with van der Waals surface area (Å²) < 4.78 is 4.76. The molecule has 2 unspecified atom stereocenters. The highest BCUT2D eigenvalue weighted by molar-refractivity contribution is 5.87. The lowest BCUT2D eigenvalue weighted by Crippen LogP contribution is -2.54. The summed E-state index contributed by atoms with van der Waals surface area (Å²) in [5.74, 6) is -0.0936. The third-order valence-electron chi connectivity index (χ3n) is 3.30. The van der Waals surface area contributed by atoms with Crippen LogP contribution in [0.4, 0.5) is 0 Å². The van der Waals surface area contributed by atoms with Crippen molar-refractivity contribution in [1.82, 2.24) is 4.90 Å². The molecule has 2 N–H and O–H groups in total. The van der Waals surface area contributed by atoms with Gasteiger partial charge in [-0.25, -0.2) is 4.79 Å². The van der Waals surface area contributed by atoms with Gasteiger partial charge < -0.3 is 15.4 Å². The van der Waals surface area contributed by atoms with Crippen LogP contribution < -0.4 is 5.73 Å². The molecule has 1 heterocycles. The van der Waals surface area contributed by atoms with Crippen molar-refractivity contribution in [2.45, 2.75) is 51.6 Å². The first-order valence-electron chi connectivity index (χ1n) is 6.61. The Hall–Kier alpha value is -1.10. The molecule has 5 nitrogen and oxygen atoms in total. The number of ether oxygens (including phenoxy) is 1. The SMILES string of the molecule is COC(=O)C1CCCCN1C(=O)C(N)CC(C)C. The van der Waals surface area contributed by atoms with E-state index in [0.29, 0.717) is 25.3 Å². The fourth-order valence-electron chi connectivity index (χ4n) is 2.40. The smallest absolute Gasteiger partial charge is 0.328 e. The van der Waals surface area contributed by atoms with Gasteiger partial charge in [-0.1, -0.05) is 13.8 Å². The molecule has 5 heteroatoms. The Morgan fingerprint density at radius 2 is 2.06 bits per heavy atom. The lowest BCUT2D eigenvalue weighted by Gasteiger charge is -2.35. The van der Waals surface area contributed by atoms with Crippen molar-refractivity contribution in [2.24, 2.45) is 11.7 Å². The summed E-state index contributed by atoms with van der Waals surface area (Å²) >= 11 is 0. The molecule has 1 saturated heterocycles. The summed E-state index contributed by atoms with van der Waals surface area (Å²) in [5.41, 5.74) is 5.91. The number of rotatable bonds is 4. The fraction of sp³-hybridized carbons (Fsp3) is 0.846. The third-order valence-corrected chi connectivity index (χ3v) is 3.30. The molecule has 1 fully saturated rings. The molecule has 0 aromatic rings. The average molecular weight is 256 g/mol. The van der Waals surface area contributed by atoms with Crippen molar-refractivity contribution >= 4 is 11.9 Å². The number of nitrogens with two attached hydrogens (primary N) is 1. The van der Waals surface area contributed by atoms with Crippen LogP contribution in [0, 0.1) is 5.92 Å². The van der Waals surface area contributed by atoms with Gasteiger partial charge in [-0.05, 0) is 31.6 Å². The van der Waals surface area contributed by atoms with Crippen LogP contribution in [0.5, 0.6) is 0 Å². The molecule has 104 valence electrons. The number of hydrogen-bond acceptors (Lipinski definition) is 4. The Labute approximate surface area is 109 Å². The quantitative estimate of drug-likeness (QED) is 0.759. The van der Waals surface area contributed by atoms with Crippen LogP contribution in [0.25, 0.3) is 0 Å². The van der Waals surface area contributed by atoms with Crippen LogP contribution >= 0.6 is 0 Å². The average Bonchev–Trinajstić information content (AvgIpc) is 2.36. The normalized spacial score (nSPS) is 21.8. The van der Waals surface area contributed by atoms with E-state index in [2.05, 4.69) is 0 Å². The predicted octanol–water partition coefficient (Wildman–Crippen LogP) is 0.914. The molecular formula is C13H24N2O3.